The number of hydrogen-bond acceptors (Lipinski definition) is 8. The van der Waals surface area contributed by atoms with Crippen molar-refractivity contribution in [1.82, 2.24) is 24.7 Å². The van der Waals surface area contributed by atoms with Crippen LogP contribution in [0, 0.1) is 0 Å². The number of methoxy groups -OCH3 is 1. The van der Waals surface area contributed by atoms with Crippen LogP contribution in [0.4, 0.5) is 0 Å². The van der Waals surface area contributed by atoms with E-state index < -0.39 is 5.97 Å². The fourth-order valence-corrected chi connectivity index (χ4v) is 4.44. The molecule has 10 heteroatoms. The van der Waals surface area contributed by atoms with Gasteiger partial charge in [-0.15, -0.1) is 10.2 Å². The standard InChI is InChI=1S/C25H21N5O4S/c1-33-24(32)21(22-26-17-10-5-6-11-18(17)27-22)19(31)15-35-25-29-28-23(20-12-7-13-34-20)30(25)14-16-8-3-2-4-9-16/h2-13,31H,14-15H2,1H3,(H,26,27). The summed E-state index contributed by atoms with van der Waals surface area (Å²) >= 11 is 1.24. The molecular formula is C25H21N5O4S. The molecule has 0 aliphatic heterocycles. The summed E-state index contributed by atoms with van der Waals surface area (Å²) in [5.41, 5.74) is 2.45. The maximum atomic E-state index is 12.6. The Bertz CT molecular complexity index is 1460. The van der Waals surface area contributed by atoms with E-state index in [1.54, 1.807) is 12.3 Å². The molecule has 0 saturated heterocycles. The summed E-state index contributed by atoms with van der Waals surface area (Å²) in [6, 6.07) is 20.9. The van der Waals surface area contributed by atoms with Crippen LogP contribution in [-0.2, 0) is 16.1 Å². The molecule has 2 N–H and O–H groups in total. The number of aromatic nitrogens is 5. The monoisotopic (exact) mass is 487 g/mol. The van der Waals surface area contributed by atoms with E-state index in [-0.39, 0.29) is 22.9 Å². The molecule has 176 valence electrons. The number of ether oxygens (including phenoxy) is 1. The number of imidazole rings is 1. The summed E-state index contributed by atoms with van der Waals surface area (Å²) in [6.07, 6.45) is 1.58. The maximum absolute atomic E-state index is 12.6. The molecule has 0 unspecified atom stereocenters. The highest BCUT2D eigenvalue weighted by atomic mass is 32.2. The summed E-state index contributed by atoms with van der Waals surface area (Å²) in [6.45, 7) is 0.504. The number of carbonyl (C=O) groups is 1. The number of thioether (sulfide) groups is 1. The Kier molecular flexibility index (Phi) is 6.36. The van der Waals surface area contributed by atoms with Gasteiger partial charge in [0.2, 0.25) is 5.82 Å². The summed E-state index contributed by atoms with van der Waals surface area (Å²) < 4.78 is 12.4. The van der Waals surface area contributed by atoms with Gasteiger partial charge in [-0.3, -0.25) is 4.57 Å². The number of benzene rings is 2. The number of carbonyl (C=O) groups excluding carboxylic acids is 1. The largest absolute Gasteiger partial charge is 0.510 e. The summed E-state index contributed by atoms with van der Waals surface area (Å²) in [5.74, 6) is 0.553. The number of aromatic amines is 1. The third-order valence-corrected chi connectivity index (χ3v) is 6.26. The number of rotatable bonds is 8. The average molecular weight is 488 g/mol. The van der Waals surface area contributed by atoms with Crippen molar-refractivity contribution in [2.24, 2.45) is 0 Å². The van der Waals surface area contributed by atoms with Gasteiger partial charge in [-0.05, 0) is 29.8 Å². The molecule has 0 bridgehead atoms. The van der Waals surface area contributed by atoms with Crippen LogP contribution in [-0.4, -0.2) is 48.7 Å². The summed E-state index contributed by atoms with van der Waals surface area (Å²) in [7, 11) is 1.26. The Morgan fingerprint density at radius 2 is 1.89 bits per heavy atom. The summed E-state index contributed by atoms with van der Waals surface area (Å²) in [5, 5.41) is 20.1. The molecule has 3 heterocycles. The van der Waals surface area contributed by atoms with E-state index in [0.29, 0.717) is 28.8 Å². The van der Waals surface area contributed by atoms with Gasteiger partial charge in [0, 0.05) is 0 Å². The fourth-order valence-electron chi connectivity index (χ4n) is 3.62. The van der Waals surface area contributed by atoms with E-state index in [1.807, 2.05) is 65.2 Å². The Hall–Kier alpha value is -4.31. The number of para-hydroxylation sites is 2. The van der Waals surface area contributed by atoms with Crippen LogP contribution < -0.4 is 0 Å². The third kappa shape index (κ3) is 4.69. The minimum absolute atomic E-state index is 0.0309. The van der Waals surface area contributed by atoms with Crippen LogP contribution in [0.3, 0.4) is 0 Å². The van der Waals surface area contributed by atoms with Gasteiger partial charge in [0.05, 0.1) is 36.7 Å². The molecular weight excluding hydrogens is 466 g/mol. The van der Waals surface area contributed by atoms with Crippen LogP contribution >= 0.6 is 11.8 Å². The quantitative estimate of drug-likeness (QED) is 0.140. The predicted molar refractivity (Wildman–Crippen MR) is 132 cm³/mol. The zero-order valence-corrected chi connectivity index (χ0v) is 19.5. The molecule has 0 atom stereocenters. The number of aliphatic hydroxyl groups is 1. The van der Waals surface area contributed by atoms with E-state index in [4.69, 9.17) is 9.15 Å². The third-order valence-electron chi connectivity index (χ3n) is 5.28. The molecule has 9 nitrogen and oxygen atoms in total. The smallest absolute Gasteiger partial charge is 0.345 e. The number of H-pyrrole nitrogens is 1. The molecule has 2 aromatic carbocycles. The minimum atomic E-state index is -0.691. The minimum Gasteiger partial charge on any atom is -0.510 e. The zero-order chi connectivity index (χ0) is 24.2. The first kappa shape index (κ1) is 22.5. The normalized spacial score (nSPS) is 12.0. The molecule has 0 aliphatic carbocycles. The Morgan fingerprint density at radius 3 is 2.63 bits per heavy atom. The average Bonchev–Trinajstić information content (AvgIpc) is 3.63. The summed E-state index contributed by atoms with van der Waals surface area (Å²) in [4.78, 5) is 20.1. The lowest BCUT2D eigenvalue weighted by Crippen LogP contribution is -2.10. The Labute approximate surface area is 204 Å². The van der Waals surface area contributed by atoms with Crippen molar-refractivity contribution in [3.8, 4) is 11.6 Å². The van der Waals surface area contributed by atoms with Crippen molar-refractivity contribution in [1.29, 1.82) is 0 Å². The Balaban J connectivity index is 1.47. The number of nitrogens with one attached hydrogen (secondary N) is 1. The molecule has 0 fully saturated rings. The topological polar surface area (TPSA) is 119 Å². The lowest BCUT2D eigenvalue weighted by atomic mass is 10.2. The molecule has 0 amide bonds. The van der Waals surface area contributed by atoms with Crippen LogP contribution in [0.5, 0.6) is 0 Å². The van der Waals surface area contributed by atoms with Gasteiger partial charge in [-0.2, -0.15) is 0 Å². The van der Waals surface area contributed by atoms with E-state index in [2.05, 4.69) is 20.2 Å². The van der Waals surface area contributed by atoms with Crippen LogP contribution in [0.2, 0.25) is 0 Å². The van der Waals surface area contributed by atoms with E-state index in [9.17, 15) is 9.90 Å². The van der Waals surface area contributed by atoms with E-state index >= 15 is 0 Å². The number of hydrogen-bond donors (Lipinski definition) is 2. The lowest BCUT2D eigenvalue weighted by molar-refractivity contribution is -0.133. The second-order valence-corrected chi connectivity index (χ2v) is 8.50. The first-order valence-corrected chi connectivity index (χ1v) is 11.7. The fraction of sp³-hybridized carbons (Fsp3) is 0.120. The lowest BCUT2D eigenvalue weighted by Gasteiger charge is -2.10. The van der Waals surface area contributed by atoms with Crippen LogP contribution in [0.25, 0.3) is 28.2 Å². The van der Waals surface area contributed by atoms with Crippen molar-refractivity contribution in [3.63, 3.8) is 0 Å². The first-order valence-electron chi connectivity index (χ1n) is 10.7. The number of fused-ring (bicyclic) bond motifs is 1. The first-order chi connectivity index (χ1) is 17.1. The van der Waals surface area contributed by atoms with Crippen molar-refractivity contribution >= 4 is 34.3 Å². The highest BCUT2D eigenvalue weighted by Crippen LogP contribution is 2.28. The van der Waals surface area contributed by atoms with Gasteiger partial charge in [0.25, 0.3) is 0 Å². The van der Waals surface area contributed by atoms with Gasteiger partial charge in [0.1, 0.15) is 17.2 Å². The van der Waals surface area contributed by atoms with Crippen molar-refractivity contribution < 1.29 is 19.1 Å². The second-order valence-electron chi connectivity index (χ2n) is 7.56. The molecule has 0 aliphatic rings. The van der Waals surface area contributed by atoms with Crippen LogP contribution in [0.1, 0.15) is 11.4 Å². The zero-order valence-electron chi connectivity index (χ0n) is 18.7. The molecule has 0 radical (unpaired) electrons. The highest BCUT2D eigenvalue weighted by molar-refractivity contribution is 7.99. The molecule has 5 aromatic rings. The van der Waals surface area contributed by atoms with Crippen LogP contribution in [0.15, 0.2) is 88.3 Å². The van der Waals surface area contributed by atoms with E-state index in [0.717, 1.165) is 11.1 Å². The second kappa shape index (κ2) is 9.90. The van der Waals surface area contributed by atoms with E-state index in [1.165, 1.54) is 18.9 Å². The number of furan rings is 1. The Morgan fingerprint density at radius 1 is 1.09 bits per heavy atom. The molecule has 0 saturated carbocycles. The van der Waals surface area contributed by atoms with Gasteiger partial charge in [-0.1, -0.05) is 54.2 Å². The molecule has 35 heavy (non-hydrogen) atoms. The number of esters is 1. The SMILES string of the molecule is COC(=O)C(=C(O)CSc1nnc(-c2ccco2)n1Cc1ccccc1)c1nc2ccccc2[nH]1. The van der Waals surface area contributed by atoms with Gasteiger partial charge >= 0.3 is 5.97 Å². The molecule has 5 rings (SSSR count). The van der Waals surface area contributed by atoms with Gasteiger partial charge in [0.15, 0.2) is 10.9 Å². The van der Waals surface area contributed by atoms with Gasteiger partial charge < -0.3 is 19.2 Å². The number of nitrogens with zero attached hydrogens (tertiary/aromatic N) is 4. The van der Waals surface area contributed by atoms with Crippen molar-refractivity contribution in [3.05, 3.63) is 90.1 Å². The number of aliphatic hydroxyl groups excluding tert-OH is 1. The van der Waals surface area contributed by atoms with Crippen molar-refractivity contribution in [2.75, 3.05) is 12.9 Å². The maximum Gasteiger partial charge on any atom is 0.345 e. The van der Waals surface area contributed by atoms with Gasteiger partial charge in [-0.25, -0.2) is 9.78 Å². The predicted octanol–water partition coefficient (Wildman–Crippen LogP) is 4.70. The molecule has 0 spiro atoms. The highest BCUT2D eigenvalue weighted by Gasteiger charge is 2.23. The van der Waals surface area contributed by atoms with Crippen molar-refractivity contribution in [2.45, 2.75) is 11.7 Å². The molecule has 3 aromatic heterocycles.